The molecule has 1 aromatic carbocycles. The molecule has 9 nitrogen and oxygen atoms in total. The van der Waals surface area contributed by atoms with Gasteiger partial charge in [-0.1, -0.05) is 12.1 Å². The number of rotatable bonds is 6. The summed E-state index contributed by atoms with van der Waals surface area (Å²) in [5.74, 6) is -1.16. The molecule has 3 N–H and O–H groups in total. The number of nitrogens with one attached hydrogen (secondary N) is 2. The SMILES string of the molecule is O=C(O)CCCNC(=O)Nc1c(C(=O)N2CCOCC2)oc2ccccc12. The van der Waals surface area contributed by atoms with E-state index < -0.39 is 12.0 Å². The first-order valence-electron chi connectivity index (χ1n) is 8.71. The normalized spacial score (nSPS) is 14.1. The van der Waals surface area contributed by atoms with Gasteiger partial charge in [-0.25, -0.2) is 4.79 Å². The van der Waals surface area contributed by atoms with E-state index >= 15 is 0 Å². The number of carbonyl (C=O) groups is 3. The quantitative estimate of drug-likeness (QED) is 0.663. The Hall–Kier alpha value is -3.07. The third-order valence-corrected chi connectivity index (χ3v) is 4.18. The predicted molar refractivity (Wildman–Crippen MR) is 96.8 cm³/mol. The van der Waals surface area contributed by atoms with Gasteiger partial charge in [0.05, 0.1) is 13.2 Å². The molecule has 1 aliphatic heterocycles. The van der Waals surface area contributed by atoms with Crippen LogP contribution in [0.25, 0.3) is 11.0 Å². The van der Waals surface area contributed by atoms with E-state index in [0.717, 1.165) is 0 Å². The van der Waals surface area contributed by atoms with Gasteiger partial charge in [-0.15, -0.1) is 0 Å². The third kappa shape index (κ3) is 4.56. The average molecular weight is 375 g/mol. The Morgan fingerprint density at radius 2 is 1.89 bits per heavy atom. The van der Waals surface area contributed by atoms with Crippen LogP contribution in [0.4, 0.5) is 10.5 Å². The number of nitrogens with zero attached hydrogens (tertiary/aromatic N) is 1. The summed E-state index contributed by atoms with van der Waals surface area (Å²) < 4.78 is 11.0. The molecule has 9 heteroatoms. The number of carboxylic acid groups (broad SMARTS) is 1. The first kappa shape index (κ1) is 18.7. The van der Waals surface area contributed by atoms with E-state index in [1.165, 1.54) is 0 Å². The molecule has 1 aromatic heterocycles. The summed E-state index contributed by atoms with van der Waals surface area (Å²) >= 11 is 0. The van der Waals surface area contributed by atoms with Crippen LogP contribution in [0.2, 0.25) is 0 Å². The number of aliphatic carboxylic acids is 1. The summed E-state index contributed by atoms with van der Waals surface area (Å²) in [6, 6.07) is 6.53. The minimum absolute atomic E-state index is 0.0321. The van der Waals surface area contributed by atoms with Gasteiger partial charge in [-0.2, -0.15) is 0 Å². The Bertz CT molecular complexity index is 841. The number of morpholine rings is 1. The highest BCUT2D eigenvalue weighted by atomic mass is 16.5. The number of anilines is 1. The summed E-state index contributed by atoms with van der Waals surface area (Å²) in [5.41, 5.74) is 0.799. The number of hydrogen-bond donors (Lipinski definition) is 3. The molecule has 0 bridgehead atoms. The second-order valence-corrected chi connectivity index (χ2v) is 6.09. The zero-order chi connectivity index (χ0) is 19.2. The molecule has 0 aliphatic carbocycles. The zero-order valence-electron chi connectivity index (χ0n) is 14.7. The number of benzene rings is 1. The number of furan rings is 1. The van der Waals surface area contributed by atoms with Gasteiger partial charge >= 0.3 is 12.0 Å². The molecule has 1 fully saturated rings. The van der Waals surface area contributed by atoms with Gasteiger partial charge in [-0.05, 0) is 18.6 Å². The number of amides is 3. The fraction of sp³-hybridized carbons (Fsp3) is 0.389. The van der Waals surface area contributed by atoms with Crippen LogP contribution >= 0.6 is 0 Å². The lowest BCUT2D eigenvalue weighted by Gasteiger charge is -2.26. The average Bonchev–Trinajstić information content (AvgIpc) is 3.04. The number of urea groups is 1. The van der Waals surface area contributed by atoms with Crippen LogP contribution < -0.4 is 10.6 Å². The van der Waals surface area contributed by atoms with Crippen molar-refractivity contribution >= 4 is 34.6 Å². The molecule has 27 heavy (non-hydrogen) atoms. The maximum Gasteiger partial charge on any atom is 0.319 e. The Balaban J connectivity index is 1.77. The standard InChI is InChI=1S/C18H21N3O6/c22-14(23)6-3-7-19-18(25)20-15-12-4-1-2-5-13(12)27-16(15)17(24)21-8-10-26-11-9-21/h1-2,4-5H,3,6-11H2,(H,22,23)(H2,19,20,25). The highest BCUT2D eigenvalue weighted by Crippen LogP contribution is 2.31. The van der Waals surface area contributed by atoms with Crippen molar-refractivity contribution in [2.45, 2.75) is 12.8 Å². The number of carboxylic acids is 1. The van der Waals surface area contributed by atoms with Gasteiger partial charge in [0.1, 0.15) is 11.3 Å². The van der Waals surface area contributed by atoms with Crippen LogP contribution in [-0.4, -0.2) is 60.8 Å². The highest BCUT2D eigenvalue weighted by Gasteiger charge is 2.27. The van der Waals surface area contributed by atoms with Crippen LogP contribution in [0, 0.1) is 0 Å². The van der Waals surface area contributed by atoms with Crippen LogP contribution in [0.15, 0.2) is 28.7 Å². The van der Waals surface area contributed by atoms with E-state index in [2.05, 4.69) is 10.6 Å². The van der Waals surface area contributed by atoms with E-state index in [9.17, 15) is 14.4 Å². The maximum atomic E-state index is 12.8. The summed E-state index contributed by atoms with van der Waals surface area (Å²) in [6.45, 7) is 2.03. The molecule has 0 radical (unpaired) electrons. The second kappa shape index (κ2) is 8.54. The molecule has 1 saturated heterocycles. The second-order valence-electron chi connectivity index (χ2n) is 6.09. The van der Waals surface area contributed by atoms with Gasteiger partial charge in [0.25, 0.3) is 5.91 Å². The van der Waals surface area contributed by atoms with Gasteiger partial charge < -0.3 is 29.8 Å². The third-order valence-electron chi connectivity index (χ3n) is 4.18. The molecule has 0 spiro atoms. The molecule has 2 heterocycles. The fourth-order valence-electron chi connectivity index (χ4n) is 2.83. The molecular weight excluding hydrogens is 354 g/mol. The molecule has 0 unspecified atom stereocenters. The summed E-state index contributed by atoms with van der Waals surface area (Å²) in [4.78, 5) is 37.2. The van der Waals surface area contributed by atoms with Crippen LogP contribution in [0.5, 0.6) is 0 Å². The van der Waals surface area contributed by atoms with E-state index in [4.69, 9.17) is 14.3 Å². The molecule has 0 saturated carbocycles. The zero-order valence-corrected chi connectivity index (χ0v) is 14.7. The smallest absolute Gasteiger partial charge is 0.319 e. The van der Waals surface area contributed by atoms with Gasteiger partial charge in [0.2, 0.25) is 5.76 Å². The minimum Gasteiger partial charge on any atom is -0.481 e. The molecule has 3 amide bonds. The van der Waals surface area contributed by atoms with Crippen molar-refractivity contribution in [2.75, 3.05) is 38.2 Å². The van der Waals surface area contributed by atoms with Gasteiger partial charge in [0, 0.05) is 31.4 Å². The number of ether oxygens (including phenoxy) is 1. The van der Waals surface area contributed by atoms with Crippen molar-refractivity contribution < 1.29 is 28.6 Å². The Kier molecular flexibility index (Phi) is 5.92. The molecular formula is C18H21N3O6. The molecule has 2 aromatic rings. The topological polar surface area (TPSA) is 121 Å². The largest absolute Gasteiger partial charge is 0.481 e. The summed E-state index contributed by atoms with van der Waals surface area (Å²) in [7, 11) is 0. The van der Waals surface area contributed by atoms with Crippen LogP contribution in [-0.2, 0) is 9.53 Å². The molecule has 144 valence electrons. The molecule has 1 aliphatic rings. The Morgan fingerprint density at radius 3 is 2.63 bits per heavy atom. The van der Waals surface area contributed by atoms with E-state index in [-0.39, 0.29) is 24.6 Å². The lowest BCUT2D eigenvalue weighted by molar-refractivity contribution is -0.137. The fourth-order valence-corrected chi connectivity index (χ4v) is 2.83. The monoisotopic (exact) mass is 375 g/mol. The lowest BCUT2D eigenvalue weighted by atomic mass is 10.2. The first-order valence-corrected chi connectivity index (χ1v) is 8.71. The van der Waals surface area contributed by atoms with Crippen LogP contribution in [0.3, 0.4) is 0 Å². The Morgan fingerprint density at radius 1 is 1.15 bits per heavy atom. The number of carbonyl (C=O) groups excluding carboxylic acids is 2. The van der Waals surface area contributed by atoms with Crippen molar-refractivity contribution in [3.63, 3.8) is 0 Å². The lowest BCUT2D eigenvalue weighted by Crippen LogP contribution is -2.41. The summed E-state index contributed by atoms with van der Waals surface area (Å²) in [6.07, 6.45) is 0.282. The number of hydrogen-bond acceptors (Lipinski definition) is 5. The number of para-hydroxylation sites is 1. The van der Waals surface area contributed by atoms with E-state index in [1.807, 2.05) is 0 Å². The summed E-state index contributed by atoms with van der Waals surface area (Å²) in [5, 5.41) is 14.5. The van der Waals surface area contributed by atoms with E-state index in [1.54, 1.807) is 29.2 Å². The predicted octanol–water partition coefficient (Wildman–Crippen LogP) is 1.89. The van der Waals surface area contributed by atoms with Crippen molar-refractivity contribution in [3.8, 4) is 0 Å². The van der Waals surface area contributed by atoms with Crippen molar-refractivity contribution in [1.82, 2.24) is 10.2 Å². The van der Waals surface area contributed by atoms with Crippen molar-refractivity contribution in [3.05, 3.63) is 30.0 Å². The van der Waals surface area contributed by atoms with E-state index in [0.29, 0.717) is 49.4 Å². The molecule has 3 rings (SSSR count). The maximum absolute atomic E-state index is 12.8. The van der Waals surface area contributed by atoms with Crippen molar-refractivity contribution in [2.24, 2.45) is 0 Å². The van der Waals surface area contributed by atoms with Gasteiger partial charge in [0.15, 0.2) is 0 Å². The van der Waals surface area contributed by atoms with Crippen LogP contribution in [0.1, 0.15) is 23.4 Å². The van der Waals surface area contributed by atoms with Gasteiger partial charge in [-0.3, -0.25) is 9.59 Å². The number of fused-ring (bicyclic) bond motifs is 1. The first-order chi connectivity index (χ1) is 13.1. The Labute approximate surface area is 155 Å². The minimum atomic E-state index is -0.920. The molecule has 0 atom stereocenters. The highest BCUT2D eigenvalue weighted by molar-refractivity contribution is 6.10. The van der Waals surface area contributed by atoms with Crippen molar-refractivity contribution in [1.29, 1.82) is 0 Å².